The van der Waals surface area contributed by atoms with Crippen LogP contribution in [0.1, 0.15) is 42.2 Å². The van der Waals surface area contributed by atoms with Gasteiger partial charge in [-0.15, -0.1) is 0 Å². The Morgan fingerprint density at radius 3 is 1.68 bits per heavy atom. The predicted octanol–water partition coefficient (Wildman–Crippen LogP) is 3.31. The summed E-state index contributed by atoms with van der Waals surface area (Å²) in [6.07, 6.45) is 3.07. The molecule has 1 saturated carbocycles. The number of hydrogen-bond donors (Lipinski definition) is 0. The molecule has 2 aromatic rings. The maximum atomic E-state index is 9.50. The lowest BCUT2D eigenvalue weighted by molar-refractivity contribution is 0.712. The molecule has 116 valence electrons. The van der Waals surface area contributed by atoms with Gasteiger partial charge in [-0.2, -0.15) is 0 Å². The molecule has 2 unspecified atom stereocenters. The summed E-state index contributed by atoms with van der Waals surface area (Å²) in [6, 6.07) is 11.6. The van der Waals surface area contributed by atoms with Gasteiger partial charge in [0.25, 0.3) is 11.4 Å². The fraction of sp³-hybridized carbons (Fsp3) is 0.238. The van der Waals surface area contributed by atoms with E-state index in [0.717, 1.165) is 51.6 Å². The highest BCUT2D eigenvalue weighted by molar-refractivity contribution is 5.93. The second kappa shape index (κ2) is 5.49. The van der Waals surface area contributed by atoms with Gasteiger partial charge < -0.3 is 0 Å². The van der Waals surface area contributed by atoms with Crippen LogP contribution in [0.3, 0.4) is 0 Å². The molecule has 0 spiro atoms. The van der Waals surface area contributed by atoms with E-state index in [4.69, 9.17) is 13.1 Å². The summed E-state index contributed by atoms with van der Waals surface area (Å²) >= 11 is 0. The maximum Gasteiger partial charge on any atom is 0.269 e. The highest BCUT2D eigenvalue weighted by atomic mass is 14.7. The van der Waals surface area contributed by atoms with Gasteiger partial charge in [0.1, 0.15) is 0 Å². The molecule has 2 aromatic carbocycles. The minimum atomic E-state index is 0.105. The van der Waals surface area contributed by atoms with E-state index in [-0.39, 0.29) is 11.4 Å². The van der Waals surface area contributed by atoms with Crippen molar-refractivity contribution in [3.63, 3.8) is 0 Å². The highest BCUT2D eigenvalue weighted by Crippen LogP contribution is 2.51. The molecule has 0 saturated heterocycles. The van der Waals surface area contributed by atoms with E-state index in [9.17, 15) is 10.5 Å². The van der Waals surface area contributed by atoms with Crippen LogP contribution in [-0.4, -0.2) is 0 Å². The van der Waals surface area contributed by atoms with Crippen molar-refractivity contribution in [2.75, 3.05) is 0 Å². The topological polar surface area (TPSA) is 56.3 Å². The average Bonchev–Trinajstić information content (AvgIpc) is 3.26. The summed E-state index contributed by atoms with van der Waals surface area (Å²) in [7, 11) is 0. The van der Waals surface area contributed by atoms with Crippen LogP contribution in [0.4, 0.5) is 0 Å². The summed E-state index contributed by atoms with van der Waals surface area (Å²) in [4.78, 5) is 6.95. The molecule has 0 amide bonds. The van der Waals surface area contributed by atoms with Gasteiger partial charge >= 0.3 is 0 Å². The van der Waals surface area contributed by atoms with Crippen molar-refractivity contribution in [1.82, 2.24) is 0 Å². The summed E-state index contributed by atoms with van der Waals surface area (Å²) in [5.74, 6) is 0.628. The first-order chi connectivity index (χ1) is 12.2. The Labute approximate surface area is 145 Å². The van der Waals surface area contributed by atoms with Gasteiger partial charge in [0, 0.05) is 10.4 Å². The minimum absolute atomic E-state index is 0.105. The largest absolute Gasteiger partial charge is 0.269 e. The predicted molar refractivity (Wildman–Crippen MR) is 93.8 cm³/mol. The van der Waals surface area contributed by atoms with Gasteiger partial charge in [-0.1, -0.05) is 24.3 Å². The molecule has 0 aliphatic heterocycles. The standard InChI is InChI=1S/C21H12N4/c1-24-16(10-22)20-14-5-3-4-6-15(14)21(17(11-23)25-2)19-13-8-7-12(9-13)18(19)20/h3-6,12-13H,7-9H2. The van der Waals surface area contributed by atoms with Gasteiger partial charge in [0.2, 0.25) is 0 Å². The Balaban J connectivity index is 2.44. The van der Waals surface area contributed by atoms with Crippen molar-refractivity contribution in [1.29, 1.82) is 10.5 Å². The lowest BCUT2D eigenvalue weighted by Gasteiger charge is -2.20. The van der Waals surface area contributed by atoms with E-state index in [1.54, 1.807) is 0 Å². The molecule has 0 aromatic heterocycles. The Kier molecular flexibility index (Phi) is 3.28. The van der Waals surface area contributed by atoms with Crippen molar-refractivity contribution in [2.24, 2.45) is 0 Å². The number of benzene rings is 2. The number of rotatable bonds is 0. The van der Waals surface area contributed by atoms with E-state index < -0.39 is 0 Å². The van der Waals surface area contributed by atoms with Crippen molar-refractivity contribution in [3.8, 4) is 12.1 Å². The quantitative estimate of drug-likeness (QED) is 0.699. The molecule has 25 heavy (non-hydrogen) atoms. The number of nitriles is 2. The average molecular weight is 320 g/mol. The fourth-order valence-corrected chi connectivity index (χ4v) is 4.62. The highest BCUT2D eigenvalue weighted by Gasteiger charge is 2.39. The molecule has 4 heteroatoms. The van der Waals surface area contributed by atoms with Crippen molar-refractivity contribution < 1.29 is 0 Å². The molecule has 2 atom stereocenters. The molecule has 2 aliphatic carbocycles. The zero-order valence-electron chi connectivity index (χ0n) is 13.4. The van der Waals surface area contributed by atoms with Crippen molar-refractivity contribution >= 4 is 22.2 Å². The number of nitrogens with zero attached hydrogens (tertiary/aromatic N) is 4. The van der Waals surface area contributed by atoms with Gasteiger partial charge in [0.05, 0.1) is 25.3 Å². The summed E-state index contributed by atoms with van der Waals surface area (Å²) < 4.78 is 0. The Hall–Kier alpha value is -3.60. The maximum absolute atomic E-state index is 9.50. The van der Waals surface area contributed by atoms with E-state index in [1.165, 1.54) is 0 Å². The van der Waals surface area contributed by atoms with Crippen LogP contribution in [0, 0.1) is 35.8 Å². The minimum Gasteiger partial charge on any atom is -0.226 e. The third-order valence-electron chi connectivity index (χ3n) is 5.45. The van der Waals surface area contributed by atoms with E-state index in [0.29, 0.717) is 11.8 Å². The summed E-state index contributed by atoms with van der Waals surface area (Å²) in [5.41, 5.74) is 2.28. The van der Waals surface area contributed by atoms with Crippen LogP contribution < -0.4 is 10.4 Å². The van der Waals surface area contributed by atoms with Gasteiger partial charge in [-0.25, -0.2) is 20.2 Å². The van der Waals surface area contributed by atoms with Crippen LogP contribution in [0.5, 0.6) is 0 Å². The second-order valence-electron chi connectivity index (χ2n) is 6.47. The Morgan fingerprint density at radius 2 is 1.32 bits per heavy atom. The van der Waals surface area contributed by atoms with Crippen molar-refractivity contribution in [2.45, 2.75) is 31.1 Å². The summed E-state index contributed by atoms with van der Waals surface area (Å²) in [5, 5.41) is 22.1. The molecule has 4 nitrogen and oxygen atoms in total. The Bertz CT molecular complexity index is 1090. The molecule has 0 N–H and O–H groups in total. The molecule has 0 radical (unpaired) electrons. The summed E-state index contributed by atoms with van der Waals surface area (Å²) in [6.45, 7) is 14.9. The smallest absolute Gasteiger partial charge is 0.226 e. The van der Waals surface area contributed by atoms with Gasteiger partial charge in [-0.05, 0) is 53.0 Å². The lowest BCUT2D eigenvalue weighted by atomic mass is 9.84. The molecule has 2 aliphatic rings. The Morgan fingerprint density at radius 1 is 0.880 bits per heavy atom. The number of hydrogen-bond acceptors (Lipinski definition) is 2. The molecular formula is C21H12N4. The van der Waals surface area contributed by atoms with Gasteiger partial charge in [0.15, 0.2) is 0 Å². The first kappa shape index (κ1) is 15.0. The van der Waals surface area contributed by atoms with E-state index in [1.807, 2.05) is 24.3 Å². The molecule has 0 heterocycles. The van der Waals surface area contributed by atoms with E-state index in [2.05, 4.69) is 21.8 Å². The monoisotopic (exact) mass is 320 g/mol. The lowest BCUT2D eigenvalue weighted by Crippen LogP contribution is -2.27. The van der Waals surface area contributed by atoms with Crippen LogP contribution in [0.25, 0.3) is 31.9 Å². The van der Waals surface area contributed by atoms with Crippen LogP contribution in [-0.2, 0) is 0 Å². The normalized spacial score (nSPS) is 22.2. The third-order valence-corrected chi connectivity index (χ3v) is 5.45. The molecule has 2 bridgehead atoms. The second-order valence-corrected chi connectivity index (χ2v) is 6.47. The van der Waals surface area contributed by atoms with Crippen LogP contribution in [0.15, 0.2) is 24.3 Å². The van der Waals surface area contributed by atoms with Crippen LogP contribution in [0.2, 0.25) is 0 Å². The third kappa shape index (κ3) is 1.89. The molecular weight excluding hydrogens is 308 g/mol. The van der Waals surface area contributed by atoms with E-state index >= 15 is 0 Å². The fourth-order valence-electron chi connectivity index (χ4n) is 4.62. The number of fused-ring (bicyclic) bond motifs is 6. The first-order valence-corrected chi connectivity index (χ1v) is 8.13. The van der Waals surface area contributed by atoms with Gasteiger partial charge in [-0.3, -0.25) is 0 Å². The first-order valence-electron chi connectivity index (χ1n) is 8.13. The molecule has 4 rings (SSSR count). The zero-order chi connectivity index (χ0) is 17.6. The van der Waals surface area contributed by atoms with Crippen LogP contribution >= 0.6 is 0 Å². The van der Waals surface area contributed by atoms with Crippen molar-refractivity contribution in [3.05, 3.63) is 68.7 Å². The zero-order valence-corrected chi connectivity index (χ0v) is 13.4. The molecule has 1 fully saturated rings. The SMILES string of the molecule is [C-]#[N+]C(C#N)=c1c2c(c(=C(C#N)[N+]#[C-])c3ccccc13)C1CCC2C1.